The van der Waals surface area contributed by atoms with Gasteiger partial charge in [-0.1, -0.05) is 32.4 Å². The number of hydrazone groups is 1. The van der Waals surface area contributed by atoms with Gasteiger partial charge < -0.3 is 4.74 Å². The molecule has 122 valence electrons. The van der Waals surface area contributed by atoms with Crippen LogP contribution in [-0.4, -0.2) is 18.7 Å². The van der Waals surface area contributed by atoms with Gasteiger partial charge in [0.2, 0.25) is 0 Å². The minimum atomic E-state index is -0.278. The van der Waals surface area contributed by atoms with Gasteiger partial charge in [-0.25, -0.2) is 5.43 Å². The van der Waals surface area contributed by atoms with Crippen molar-refractivity contribution >= 4 is 23.5 Å². The summed E-state index contributed by atoms with van der Waals surface area (Å²) in [4.78, 5) is 11.7. The summed E-state index contributed by atoms with van der Waals surface area (Å²) in [6, 6.07) is 9.86. The standard InChI is InChI=1S/C18H22N2O2S/c1-3-4-14(2)16-5-7-17(8-6-16)22-12-18(21)20-19-11-15-9-10-23-13-15/h5-11,13-14H,3-4,12H2,1-2H3,(H,20,21)/b19-11-/t14-/m0/s1. The highest BCUT2D eigenvalue weighted by Gasteiger charge is 2.05. The fourth-order valence-corrected chi connectivity index (χ4v) is 2.81. The Balaban J connectivity index is 1.75. The van der Waals surface area contributed by atoms with Crippen LogP contribution in [0.15, 0.2) is 46.2 Å². The Bertz CT molecular complexity index is 621. The molecule has 0 spiro atoms. The maximum atomic E-state index is 11.7. The summed E-state index contributed by atoms with van der Waals surface area (Å²) in [6.45, 7) is 4.36. The van der Waals surface area contributed by atoms with Crippen LogP contribution in [0, 0.1) is 0 Å². The van der Waals surface area contributed by atoms with E-state index in [4.69, 9.17) is 4.74 Å². The molecule has 1 aromatic heterocycles. The van der Waals surface area contributed by atoms with E-state index in [9.17, 15) is 4.79 Å². The molecule has 0 aliphatic heterocycles. The monoisotopic (exact) mass is 330 g/mol. The Hall–Kier alpha value is -2.14. The number of carbonyl (C=O) groups excluding carboxylic acids is 1. The second-order valence-corrected chi connectivity index (χ2v) is 6.18. The van der Waals surface area contributed by atoms with Crippen LogP contribution in [0.3, 0.4) is 0 Å². The molecule has 5 heteroatoms. The molecule has 0 saturated carbocycles. The van der Waals surface area contributed by atoms with E-state index in [0.29, 0.717) is 11.7 Å². The van der Waals surface area contributed by atoms with E-state index in [1.165, 1.54) is 18.4 Å². The molecule has 0 aliphatic rings. The molecule has 2 aromatic rings. The molecule has 1 N–H and O–H groups in total. The lowest BCUT2D eigenvalue weighted by Gasteiger charge is -2.11. The van der Waals surface area contributed by atoms with Crippen LogP contribution in [0.1, 0.15) is 43.7 Å². The highest BCUT2D eigenvalue weighted by atomic mass is 32.1. The normalized spacial score (nSPS) is 12.3. The van der Waals surface area contributed by atoms with Gasteiger partial charge in [0.1, 0.15) is 5.75 Å². The molecule has 0 saturated heterocycles. The third-order valence-corrected chi connectivity index (χ3v) is 4.19. The summed E-state index contributed by atoms with van der Waals surface area (Å²) < 4.78 is 5.47. The Morgan fingerprint density at radius 3 is 2.78 bits per heavy atom. The summed E-state index contributed by atoms with van der Waals surface area (Å²) in [6.07, 6.45) is 3.95. The minimum absolute atomic E-state index is 0.0508. The average molecular weight is 330 g/mol. The molecule has 23 heavy (non-hydrogen) atoms. The van der Waals surface area contributed by atoms with Crippen molar-refractivity contribution in [1.29, 1.82) is 0 Å². The molecule has 0 radical (unpaired) electrons. The van der Waals surface area contributed by atoms with Gasteiger partial charge in [0.05, 0.1) is 6.21 Å². The Morgan fingerprint density at radius 2 is 2.13 bits per heavy atom. The van der Waals surface area contributed by atoms with Gasteiger partial charge in [-0.2, -0.15) is 16.4 Å². The van der Waals surface area contributed by atoms with Crippen LogP contribution in [-0.2, 0) is 4.79 Å². The molecular weight excluding hydrogens is 308 g/mol. The number of hydrogen-bond donors (Lipinski definition) is 1. The molecule has 4 nitrogen and oxygen atoms in total. The van der Waals surface area contributed by atoms with Gasteiger partial charge in [0, 0.05) is 5.56 Å². The zero-order valence-electron chi connectivity index (χ0n) is 13.5. The van der Waals surface area contributed by atoms with Crippen molar-refractivity contribution < 1.29 is 9.53 Å². The maximum absolute atomic E-state index is 11.7. The average Bonchev–Trinajstić information content (AvgIpc) is 3.07. The molecule has 1 atom stereocenters. The van der Waals surface area contributed by atoms with E-state index in [-0.39, 0.29) is 12.5 Å². The van der Waals surface area contributed by atoms with E-state index in [1.54, 1.807) is 17.6 Å². The molecule has 0 aliphatic carbocycles. The number of rotatable bonds is 8. The van der Waals surface area contributed by atoms with Gasteiger partial charge in [0.15, 0.2) is 6.61 Å². The molecule has 1 heterocycles. The maximum Gasteiger partial charge on any atom is 0.277 e. The first-order chi connectivity index (χ1) is 11.2. The number of amides is 1. The van der Waals surface area contributed by atoms with Crippen LogP contribution in [0.4, 0.5) is 0 Å². The van der Waals surface area contributed by atoms with Crippen molar-refractivity contribution in [2.75, 3.05) is 6.61 Å². The Morgan fingerprint density at radius 1 is 1.35 bits per heavy atom. The first kappa shape index (κ1) is 17.2. The van der Waals surface area contributed by atoms with E-state index < -0.39 is 0 Å². The first-order valence-corrected chi connectivity index (χ1v) is 8.70. The zero-order chi connectivity index (χ0) is 16.5. The predicted octanol–water partition coefficient (Wildman–Crippen LogP) is 4.18. The van der Waals surface area contributed by atoms with Crippen molar-refractivity contribution in [3.63, 3.8) is 0 Å². The van der Waals surface area contributed by atoms with E-state index in [1.807, 2.05) is 29.0 Å². The van der Waals surface area contributed by atoms with Gasteiger partial charge in [-0.15, -0.1) is 0 Å². The summed E-state index contributed by atoms with van der Waals surface area (Å²) in [5.74, 6) is 0.957. The van der Waals surface area contributed by atoms with Crippen LogP contribution >= 0.6 is 11.3 Å². The molecule has 1 aromatic carbocycles. The van der Waals surface area contributed by atoms with Gasteiger partial charge in [-0.05, 0) is 46.9 Å². The SMILES string of the molecule is CCC[C@H](C)c1ccc(OCC(=O)N/N=C\c2ccsc2)cc1. The third-order valence-electron chi connectivity index (χ3n) is 3.49. The van der Waals surface area contributed by atoms with E-state index in [2.05, 4.69) is 36.5 Å². The number of hydrogen-bond acceptors (Lipinski definition) is 4. The molecule has 1 amide bonds. The topological polar surface area (TPSA) is 50.7 Å². The largest absolute Gasteiger partial charge is 0.484 e. The molecular formula is C18H22N2O2S. The Kier molecular flexibility index (Phi) is 6.81. The van der Waals surface area contributed by atoms with Crippen LogP contribution < -0.4 is 10.2 Å². The predicted molar refractivity (Wildman–Crippen MR) is 95.3 cm³/mol. The fourth-order valence-electron chi connectivity index (χ4n) is 2.20. The third kappa shape index (κ3) is 5.87. The number of benzene rings is 1. The Labute approximate surface area is 141 Å². The summed E-state index contributed by atoms with van der Waals surface area (Å²) in [5, 5.41) is 7.79. The number of thiophene rings is 1. The lowest BCUT2D eigenvalue weighted by atomic mass is 9.97. The summed E-state index contributed by atoms with van der Waals surface area (Å²) in [5.41, 5.74) is 4.71. The minimum Gasteiger partial charge on any atom is -0.484 e. The van der Waals surface area contributed by atoms with E-state index >= 15 is 0 Å². The lowest BCUT2D eigenvalue weighted by molar-refractivity contribution is -0.123. The van der Waals surface area contributed by atoms with E-state index in [0.717, 1.165) is 5.56 Å². The second-order valence-electron chi connectivity index (χ2n) is 5.40. The molecule has 0 unspecified atom stereocenters. The summed E-state index contributed by atoms with van der Waals surface area (Å²) in [7, 11) is 0. The van der Waals surface area contributed by atoms with Crippen molar-refractivity contribution in [2.24, 2.45) is 5.10 Å². The first-order valence-electron chi connectivity index (χ1n) is 7.76. The van der Waals surface area contributed by atoms with Crippen LogP contribution in [0.5, 0.6) is 5.75 Å². The molecule has 0 fully saturated rings. The number of ether oxygens (including phenoxy) is 1. The van der Waals surface area contributed by atoms with Gasteiger partial charge >= 0.3 is 0 Å². The van der Waals surface area contributed by atoms with Gasteiger partial charge in [0.25, 0.3) is 5.91 Å². The molecule has 0 bridgehead atoms. The number of nitrogens with one attached hydrogen (secondary N) is 1. The van der Waals surface area contributed by atoms with Crippen molar-refractivity contribution in [3.05, 3.63) is 52.2 Å². The zero-order valence-corrected chi connectivity index (χ0v) is 14.3. The quantitative estimate of drug-likeness (QED) is 0.583. The van der Waals surface area contributed by atoms with Gasteiger partial charge in [-0.3, -0.25) is 4.79 Å². The smallest absolute Gasteiger partial charge is 0.277 e. The highest BCUT2D eigenvalue weighted by Crippen LogP contribution is 2.22. The van der Waals surface area contributed by atoms with Crippen LogP contribution in [0.2, 0.25) is 0 Å². The molecule has 2 rings (SSSR count). The second kappa shape index (κ2) is 9.10. The summed E-state index contributed by atoms with van der Waals surface area (Å²) >= 11 is 1.58. The fraction of sp³-hybridized carbons (Fsp3) is 0.333. The highest BCUT2D eigenvalue weighted by molar-refractivity contribution is 7.08. The van der Waals surface area contributed by atoms with Crippen molar-refractivity contribution in [3.8, 4) is 5.75 Å². The number of nitrogens with zero attached hydrogens (tertiary/aromatic N) is 1. The van der Waals surface area contributed by atoms with Crippen molar-refractivity contribution in [2.45, 2.75) is 32.6 Å². The van der Waals surface area contributed by atoms with Crippen molar-refractivity contribution in [1.82, 2.24) is 5.43 Å². The lowest BCUT2D eigenvalue weighted by Crippen LogP contribution is -2.24. The number of carbonyl (C=O) groups is 1. The van der Waals surface area contributed by atoms with Crippen LogP contribution in [0.25, 0.3) is 0 Å².